The monoisotopic (exact) mass is 322 g/mol. The van der Waals surface area contributed by atoms with Crippen LogP contribution in [-0.4, -0.2) is 32.1 Å². The first-order valence-corrected chi connectivity index (χ1v) is 7.93. The van der Waals surface area contributed by atoms with Crippen molar-refractivity contribution in [1.82, 2.24) is 0 Å². The van der Waals surface area contributed by atoms with Gasteiger partial charge in [-0.1, -0.05) is 30.3 Å². The second-order valence-electron chi connectivity index (χ2n) is 6.18. The van der Waals surface area contributed by atoms with E-state index in [1.807, 2.05) is 42.5 Å². The molecule has 1 heterocycles. The topological polar surface area (TPSA) is 60.2 Å². The van der Waals surface area contributed by atoms with Crippen LogP contribution < -0.4 is 9.47 Å². The number of benzene rings is 2. The minimum absolute atomic E-state index is 0.0686. The maximum Gasteiger partial charge on any atom is 0.193 e. The molecule has 1 aliphatic heterocycles. The zero-order chi connectivity index (χ0) is 16.7. The van der Waals surface area contributed by atoms with Gasteiger partial charge < -0.3 is 9.47 Å². The quantitative estimate of drug-likeness (QED) is 0.870. The fourth-order valence-electron chi connectivity index (χ4n) is 3.78. The third-order valence-corrected chi connectivity index (χ3v) is 5.01. The molecule has 0 saturated carbocycles. The molecule has 0 unspecified atom stereocenters. The third kappa shape index (κ3) is 1.97. The summed E-state index contributed by atoms with van der Waals surface area (Å²) >= 11 is 0. The van der Waals surface area contributed by atoms with E-state index in [-0.39, 0.29) is 11.7 Å². The van der Waals surface area contributed by atoms with Gasteiger partial charge >= 0.3 is 0 Å². The van der Waals surface area contributed by atoms with Crippen molar-refractivity contribution in [2.24, 2.45) is 10.2 Å². The molecular weight excluding hydrogens is 304 g/mol. The average molecular weight is 322 g/mol. The van der Waals surface area contributed by atoms with Gasteiger partial charge in [0.25, 0.3) is 0 Å². The number of methoxy groups -OCH3 is 2. The van der Waals surface area contributed by atoms with E-state index in [0.717, 1.165) is 16.7 Å². The molecule has 24 heavy (non-hydrogen) atoms. The van der Waals surface area contributed by atoms with Crippen molar-refractivity contribution in [1.29, 1.82) is 0 Å². The number of carbonyl (C=O) groups is 1. The highest BCUT2D eigenvalue weighted by Crippen LogP contribution is 2.47. The standard InChI is InChI=1S/C19H18N2O3/c1-23-16-8-7-12(9-17(16)24-2)15-11-20-21-19(15)10-13-5-3-4-6-14(13)18(19)22/h3-9,15H,10-11H2,1-2H3/t15-,19+/m0/s1. The molecular formula is C19H18N2O3. The molecule has 0 bridgehead atoms. The molecule has 0 saturated heterocycles. The van der Waals surface area contributed by atoms with Crippen molar-refractivity contribution >= 4 is 5.78 Å². The van der Waals surface area contributed by atoms with Crippen LogP contribution in [0.2, 0.25) is 0 Å². The first-order chi connectivity index (χ1) is 11.7. The molecule has 5 nitrogen and oxygen atoms in total. The summed E-state index contributed by atoms with van der Waals surface area (Å²) in [5, 5.41) is 8.66. The number of Topliss-reactive ketones (excluding diaryl/α,β-unsaturated/α-hetero) is 1. The summed E-state index contributed by atoms with van der Waals surface area (Å²) in [7, 11) is 3.22. The molecule has 5 heteroatoms. The predicted octanol–water partition coefficient (Wildman–Crippen LogP) is 3.43. The van der Waals surface area contributed by atoms with Crippen LogP contribution >= 0.6 is 0 Å². The maximum absolute atomic E-state index is 13.1. The van der Waals surface area contributed by atoms with Crippen LogP contribution in [-0.2, 0) is 6.42 Å². The summed E-state index contributed by atoms with van der Waals surface area (Å²) in [5.41, 5.74) is 2.00. The highest BCUT2D eigenvalue weighted by molar-refractivity contribution is 6.08. The first kappa shape index (κ1) is 14.9. The first-order valence-electron chi connectivity index (χ1n) is 7.93. The molecule has 0 radical (unpaired) electrons. The second kappa shape index (κ2) is 5.44. The smallest absolute Gasteiger partial charge is 0.193 e. The maximum atomic E-state index is 13.1. The lowest BCUT2D eigenvalue weighted by Crippen LogP contribution is -2.38. The van der Waals surface area contributed by atoms with E-state index < -0.39 is 5.54 Å². The Morgan fingerprint density at radius 1 is 1.08 bits per heavy atom. The number of azo groups is 1. The minimum Gasteiger partial charge on any atom is -0.493 e. The van der Waals surface area contributed by atoms with Gasteiger partial charge in [-0.25, -0.2) is 0 Å². The lowest BCUT2D eigenvalue weighted by atomic mass is 9.78. The predicted molar refractivity (Wildman–Crippen MR) is 89.2 cm³/mol. The van der Waals surface area contributed by atoms with Crippen molar-refractivity contribution in [3.8, 4) is 11.5 Å². The molecule has 0 N–H and O–H groups in total. The highest BCUT2D eigenvalue weighted by atomic mass is 16.5. The van der Waals surface area contributed by atoms with Gasteiger partial charge in [0.2, 0.25) is 0 Å². The fraction of sp³-hybridized carbons (Fsp3) is 0.316. The van der Waals surface area contributed by atoms with Gasteiger partial charge in [-0.3, -0.25) is 4.79 Å². The summed E-state index contributed by atoms with van der Waals surface area (Å²) in [5.74, 6) is 1.31. The van der Waals surface area contributed by atoms with Gasteiger partial charge in [0, 0.05) is 17.9 Å². The highest BCUT2D eigenvalue weighted by Gasteiger charge is 2.54. The summed E-state index contributed by atoms with van der Waals surface area (Å²) in [6.45, 7) is 0.509. The van der Waals surface area contributed by atoms with E-state index in [2.05, 4.69) is 10.2 Å². The lowest BCUT2D eigenvalue weighted by Gasteiger charge is -2.26. The third-order valence-electron chi connectivity index (χ3n) is 5.01. The van der Waals surface area contributed by atoms with Crippen molar-refractivity contribution in [3.63, 3.8) is 0 Å². The molecule has 4 rings (SSSR count). The normalized spacial score (nSPS) is 24.4. The zero-order valence-corrected chi connectivity index (χ0v) is 13.7. The van der Waals surface area contributed by atoms with Crippen LogP contribution in [0.3, 0.4) is 0 Å². The molecule has 0 aromatic heterocycles. The van der Waals surface area contributed by atoms with Crippen LogP contribution in [0.15, 0.2) is 52.7 Å². The molecule has 2 atom stereocenters. The Morgan fingerprint density at radius 3 is 2.62 bits per heavy atom. The Balaban J connectivity index is 1.77. The number of fused-ring (bicyclic) bond motifs is 1. The Morgan fingerprint density at radius 2 is 1.88 bits per heavy atom. The van der Waals surface area contributed by atoms with E-state index in [0.29, 0.717) is 24.5 Å². The summed E-state index contributed by atoms with van der Waals surface area (Å²) < 4.78 is 10.7. The van der Waals surface area contributed by atoms with E-state index in [1.54, 1.807) is 14.2 Å². The molecule has 0 fully saturated rings. The van der Waals surface area contributed by atoms with E-state index in [1.165, 1.54) is 0 Å². The number of hydrogen-bond acceptors (Lipinski definition) is 5. The van der Waals surface area contributed by atoms with Crippen molar-refractivity contribution < 1.29 is 14.3 Å². The summed E-state index contributed by atoms with van der Waals surface area (Å²) in [6.07, 6.45) is 0.602. The Labute approximate surface area is 140 Å². The number of carbonyl (C=O) groups excluding carboxylic acids is 1. The Bertz CT molecular complexity index is 846. The van der Waals surface area contributed by atoms with E-state index in [9.17, 15) is 4.79 Å². The molecule has 1 aliphatic carbocycles. The van der Waals surface area contributed by atoms with Gasteiger partial charge in [-0.2, -0.15) is 10.2 Å². The van der Waals surface area contributed by atoms with Crippen LogP contribution in [0, 0.1) is 0 Å². The van der Waals surface area contributed by atoms with Crippen LogP contribution in [0.25, 0.3) is 0 Å². The molecule has 2 aromatic rings. The van der Waals surface area contributed by atoms with Crippen LogP contribution in [0.4, 0.5) is 0 Å². The average Bonchev–Trinajstić information content (AvgIpc) is 3.17. The second-order valence-corrected chi connectivity index (χ2v) is 6.18. The van der Waals surface area contributed by atoms with Gasteiger partial charge in [0.15, 0.2) is 22.8 Å². The Hall–Kier alpha value is -2.69. The number of hydrogen-bond donors (Lipinski definition) is 0. The molecule has 2 aromatic carbocycles. The van der Waals surface area contributed by atoms with Crippen LogP contribution in [0.1, 0.15) is 27.4 Å². The SMILES string of the molecule is COc1ccc([C@@H]2CN=N[C@]23Cc2ccccc2C3=O)cc1OC. The van der Waals surface area contributed by atoms with E-state index >= 15 is 0 Å². The van der Waals surface area contributed by atoms with E-state index in [4.69, 9.17) is 9.47 Å². The minimum atomic E-state index is -0.816. The van der Waals surface area contributed by atoms with Crippen molar-refractivity contribution in [2.45, 2.75) is 17.9 Å². The fourth-order valence-corrected chi connectivity index (χ4v) is 3.78. The largest absolute Gasteiger partial charge is 0.493 e. The molecule has 1 spiro atoms. The van der Waals surface area contributed by atoms with Gasteiger partial charge in [-0.15, -0.1) is 0 Å². The van der Waals surface area contributed by atoms with Crippen molar-refractivity contribution in [2.75, 3.05) is 20.8 Å². The molecule has 0 amide bonds. The van der Waals surface area contributed by atoms with Gasteiger partial charge in [0.1, 0.15) is 0 Å². The molecule has 122 valence electrons. The molecule has 2 aliphatic rings. The number of rotatable bonds is 3. The summed E-state index contributed by atoms with van der Waals surface area (Å²) in [6, 6.07) is 13.5. The number of nitrogens with zero attached hydrogens (tertiary/aromatic N) is 2. The number of ketones is 1. The van der Waals surface area contributed by atoms with Crippen LogP contribution in [0.5, 0.6) is 11.5 Å². The number of ether oxygens (including phenoxy) is 2. The van der Waals surface area contributed by atoms with Crippen molar-refractivity contribution in [3.05, 3.63) is 59.2 Å². The zero-order valence-electron chi connectivity index (χ0n) is 13.7. The summed E-state index contributed by atoms with van der Waals surface area (Å²) in [4.78, 5) is 13.1. The van der Waals surface area contributed by atoms with Gasteiger partial charge in [0.05, 0.1) is 20.8 Å². The Kier molecular flexibility index (Phi) is 3.37. The lowest BCUT2D eigenvalue weighted by molar-refractivity contribution is 0.0897. The van der Waals surface area contributed by atoms with Gasteiger partial charge in [-0.05, 0) is 23.3 Å².